The van der Waals surface area contributed by atoms with Crippen LogP contribution in [0.5, 0.6) is 0 Å². The normalized spacial score (nSPS) is 10.6. The molecule has 1 heterocycles. The van der Waals surface area contributed by atoms with Crippen LogP contribution in [-0.4, -0.2) is 36.8 Å². The Labute approximate surface area is 103 Å². The number of rotatable bonds is 8. The molecule has 1 aromatic rings. The smallest absolute Gasteiger partial charge is 0.131 e. The van der Waals surface area contributed by atoms with Crippen LogP contribution in [0.25, 0.3) is 0 Å². The van der Waals surface area contributed by atoms with E-state index >= 15 is 0 Å². The van der Waals surface area contributed by atoms with E-state index in [1.54, 1.807) is 6.33 Å². The first-order chi connectivity index (χ1) is 8.22. The Morgan fingerprint density at radius 1 is 1.29 bits per heavy atom. The summed E-state index contributed by atoms with van der Waals surface area (Å²) in [5.74, 6) is 2.26. The number of anilines is 2. The molecule has 0 saturated carbocycles. The third-order valence-electron chi connectivity index (χ3n) is 2.15. The third-order valence-corrected chi connectivity index (χ3v) is 2.15. The van der Waals surface area contributed by atoms with Crippen molar-refractivity contribution >= 4 is 11.6 Å². The van der Waals surface area contributed by atoms with E-state index in [4.69, 9.17) is 4.74 Å². The molecule has 0 atom stereocenters. The molecule has 96 valence electrons. The maximum absolute atomic E-state index is 5.49. The van der Waals surface area contributed by atoms with Crippen LogP contribution in [0.2, 0.25) is 0 Å². The quantitative estimate of drug-likeness (QED) is 0.678. The summed E-state index contributed by atoms with van der Waals surface area (Å²) >= 11 is 0. The highest BCUT2D eigenvalue weighted by Crippen LogP contribution is 2.07. The highest BCUT2D eigenvalue weighted by atomic mass is 16.5. The van der Waals surface area contributed by atoms with E-state index in [0.717, 1.165) is 37.8 Å². The number of nitrogens with zero attached hydrogens (tertiary/aromatic N) is 2. The van der Waals surface area contributed by atoms with Crippen LogP contribution in [0.3, 0.4) is 0 Å². The fraction of sp³-hybridized carbons (Fsp3) is 0.667. The van der Waals surface area contributed by atoms with Crippen molar-refractivity contribution in [1.82, 2.24) is 9.97 Å². The molecule has 5 nitrogen and oxygen atoms in total. The summed E-state index contributed by atoms with van der Waals surface area (Å²) in [6.45, 7) is 6.78. The van der Waals surface area contributed by atoms with Crippen molar-refractivity contribution in [3.05, 3.63) is 12.4 Å². The maximum Gasteiger partial charge on any atom is 0.131 e. The molecule has 1 aromatic heterocycles. The second-order valence-corrected chi connectivity index (χ2v) is 4.29. The van der Waals surface area contributed by atoms with Crippen LogP contribution < -0.4 is 10.6 Å². The summed E-state index contributed by atoms with van der Waals surface area (Å²) in [6.07, 6.45) is 2.52. The van der Waals surface area contributed by atoms with Gasteiger partial charge in [-0.25, -0.2) is 9.97 Å². The monoisotopic (exact) mass is 238 g/mol. The van der Waals surface area contributed by atoms with Gasteiger partial charge in [-0.05, 0) is 12.3 Å². The van der Waals surface area contributed by atoms with Gasteiger partial charge in [0.2, 0.25) is 0 Å². The Hall–Kier alpha value is -1.36. The summed E-state index contributed by atoms with van der Waals surface area (Å²) in [5, 5.41) is 6.21. The van der Waals surface area contributed by atoms with Gasteiger partial charge in [0.1, 0.15) is 18.0 Å². The zero-order valence-electron chi connectivity index (χ0n) is 10.9. The fourth-order valence-corrected chi connectivity index (χ4v) is 1.30. The molecule has 0 aliphatic rings. The van der Waals surface area contributed by atoms with Gasteiger partial charge in [-0.3, -0.25) is 0 Å². The number of aromatic nitrogens is 2. The van der Waals surface area contributed by atoms with Crippen molar-refractivity contribution in [2.45, 2.75) is 20.3 Å². The van der Waals surface area contributed by atoms with Gasteiger partial charge in [-0.1, -0.05) is 13.8 Å². The summed E-state index contributed by atoms with van der Waals surface area (Å²) in [6, 6.07) is 1.88. The summed E-state index contributed by atoms with van der Waals surface area (Å²) in [5.41, 5.74) is 0. The molecule has 0 unspecified atom stereocenters. The van der Waals surface area contributed by atoms with E-state index in [1.165, 1.54) is 0 Å². The number of nitrogens with one attached hydrogen (secondary N) is 2. The third kappa shape index (κ3) is 6.06. The molecule has 0 aliphatic carbocycles. The van der Waals surface area contributed by atoms with Gasteiger partial charge in [0.25, 0.3) is 0 Å². The zero-order valence-corrected chi connectivity index (χ0v) is 10.9. The Bertz CT molecular complexity index is 317. The molecule has 0 fully saturated rings. The minimum Gasteiger partial charge on any atom is -0.381 e. The molecule has 0 bridgehead atoms. The Kier molecular flexibility index (Phi) is 6.32. The lowest BCUT2D eigenvalue weighted by Gasteiger charge is -2.08. The van der Waals surface area contributed by atoms with Crippen molar-refractivity contribution in [3.8, 4) is 0 Å². The van der Waals surface area contributed by atoms with E-state index in [-0.39, 0.29) is 0 Å². The molecule has 5 heteroatoms. The van der Waals surface area contributed by atoms with Crippen molar-refractivity contribution < 1.29 is 4.74 Å². The molecule has 0 saturated heterocycles. The van der Waals surface area contributed by atoms with Gasteiger partial charge < -0.3 is 15.4 Å². The molecule has 0 aromatic carbocycles. The lowest BCUT2D eigenvalue weighted by molar-refractivity contribution is 0.110. The Morgan fingerprint density at radius 3 is 2.76 bits per heavy atom. The summed E-state index contributed by atoms with van der Waals surface area (Å²) in [7, 11) is 1.84. The van der Waals surface area contributed by atoms with Gasteiger partial charge in [-0.2, -0.15) is 0 Å². The first-order valence-electron chi connectivity index (χ1n) is 6.03. The number of ether oxygens (including phenoxy) is 1. The Morgan fingerprint density at radius 2 is 2.06 bits per heavy atom. The van der Waals surface area contributed by atoms with Gasteiger partial charge in [0, 0.05) is 32.9 Å². The zero-order chi connectivity index (χ0) is 12.5. The van der Waals surface area contributed by atoms with Gasteiger partial charge >= 0.3 is 0 Å². The molecule has 1 rings (SSSR count). The Balaban J connectivity index is 2.13. The van der Waals surface area contributed by atoms with Crippen LogP contribution in [0, 0.1) is 5.92 Å². The SMILES string of the molecule is CNc1cc(NCCCOCC(C)C)ncn1. The molecule has 0 amide bonds. The molecular weight excluding hydrogens is 216 g/mol. The van der Waals surface area contributed by atoms with Crippen molar-refractivity contribution in [1.29, 1.82) is 0 Å². The molecule has 0 radical (unpaired) electrons. The average Bonchev–Trinajstić information content (AvgIpc) is 2.33. The van der Waals surface area contributed by atoms with Crippen LogP contribution in [-0.2, 0) is 4.74 Å². The minimum absolute atomic E-state index is 0.600. The van der Waals surface area contributed by atoms with Crippen LogP contribution in [0.1, 0.15) is 20.3 Å². The second kappa shape index (κ2) is 7.84. The van der Waals surface area contributed by atoms with E-state index in [9.17, 15) is 0 Å². The first-order valence-corrected chi connectivity index (χ1v) is 6.03. The predicted octanol–water partition coefficient (Wildman–Crippen LogP) is 1.99. The highest BCUT2D eigenvalue weighted by molar-refractivity contribution is 5.45. The van der Waals surface area contributed by atoms with Gasteiger partial charge in [0.05, 0.1) is 0 Å². The first kappa shape index (κ1) is 13.7. The van der Waals surface area contributed by atoms with E-state index in [0.29, 0.717) is 5.92 Å². The van der Waals surface area contributed by atoms with E-state index in [1.807, 2.05) is 13.1 Å². The van der Waals surface area contributed by atoms with E-state index in [2.05, 4.69) is 34.4 Å². The maximum atomic E-state index is 5.49. The summed E-state index contributed by atoms with van der Waals surface area (Å²) in [4.78, 5) is 8.18. The van der Waals surface area contributed by atoms with E-state index < -0.39 is 0 Å². The van der Waals surface area contributed by atoms with Crippen LogP contribution in [0.15, 0.2) is 12.4 Å². The number of hydrogen-bond donors (Lipinski definition) is 2. The predicted molar refractivity (Wildman–Crippen MR) is 70.3 cm³/mol. The number of hydrogen-bond acceptors (Lipinski definition) is 5. The summed E-state index contributed by atoms with van der Waals surface area (Å²) < 4.78 is 5.49. The van der Waals surface area contributed by atoms with Crippen LogP contribution in [0.4, 0.5) is 11.6 Å². The lowest BCUT2D eigenvalue weighted by Crippen LogP contribution is -2.09. The lowest BCUT2D eigenvalue weighted by atomic mass is 10.2. The minimum atomic E-state index is 0.600. The fourth-order valence-electron chi connectivity index (χ4n) is 1.30. The highest BCUT2D eigenvalue weighted by Gasteiger charge is 1.97. The van der Waals surface area contributed by atoms with Crippen molar-refractivity contribution in [2.24, 2.45) is 5.92 Å². The molecule has 0 aliphatic heterocycles. The standard InChI is InChI=1S/C12H22N4O/c1-10(2)8-17-6-4-5-14-12-7-11(13-3)15-9-16-12/h7,9-10H,4-6,8H2,1-3H3,(H2,13,14,15,16). The largest absolute Gasteiger partial charge is 0.381 e. The van der Waals surface area contributed by atoms with Gasteiger partial charge in [0.15, 0.2) is 0 Å². The molecule has 17 heavy (non-hydrogen) atoms. The van der Waals surface area contributed by atoms with Crippen LogP contribution >= 0.6 is 0 Å². The molecular formula is C12H22N4O. The topological polar surface area (TPSA) is 59.1 Å². The van der Waals surface area contributed by atoms with Crippen molar-refractivity contribution in [3.63, 3.8) is 0 Å². The molecule has 2 N–H and O–H groups in total. The second-order valence-electron chi connectivity index (χ2n) is 4.29. The van der Waals surface area contributed by atoms with Gasteiger partial charge in [-0.15, -0.1) is 0 Å². The average molecular weight is 238 g/mol. The molecule has 0 spiro atoms. The van der Waals surface area contributed by atoms with Crippen molar-refractivity contribution in [2.75, 3.05) is 37.4 Å².